The van der Waals surface area contributed by atoms with E-state index in [4.69, 9.17) is 10.5 Å². The van der Waals surface area contributed by atoms with E-state index in [0.29, 0.717) is 18.7 Å². The lowest BCUT2D eigenvalue weighted by atomic mass is 9.94. The van der Waals surface area contributed by atoms with Crippen LogP contribution in [-0.2, 0) is 4.74 Å². The number of likely N-dealkylation sites (N-methyl/N-ethyl adjacent to an activating group) is 1. The minimum Gasteiger partial charge on any atom is -0.377 e. The molecule has 0 amide bonds. The van der Waals surface area contributed by atoms with Crippen LogP contribution >= 0.6 is 0 Å². The average Bonchev–Trinajstić information content (AvgIpc) is 2.96. The highest BCUT2D eigenvalue weighted by molar-refractivity contribution is 5.38. The third-order valence-corrected chi connectivity index (χ3v) is 4.77. The number of aryl methyl sites for hydroxylation is 3. The Labute approximate surface area is 129 Å². The van der Waals surface area contributed by atoms with Crippen molar-refractivity contribution < 1.29 is 4.74 Å². The quantitative estimate of drug-likeness (QED) is 0.875. The molecule has 21 heavy (non-hydrogen) atoms. The second-order valence-corrected chi connectivity index (χ2v) is 6.27. The predicted octanol–water partition coefficient (Wildman–Crippen LogP) is 3.11. The van der Waals surface area contributed by atoms with Crippen LogP contribution in [0.5, 0.6) is 0 Å². The van der Waals surface area contributed by atoms with Crippen molar-refractivity contribution in [2.24, 2.45) is 5.73 Å². The average molecular weight is 290 g/mol. The van der Waals surface area contributed by atoms with Gasteiger partial charge in [0.05, 0.1) is 6.10 Å². The molecular weight excluding hydrogens is 260 g/mol. The van der Waals surface area contributed by atoms with E-state index in [1.807, 2.05) is 0 Å². The Hall–Kier alpha value is -0.900. The fourth-order valence-electron chi connectivity index (χ4n) is 3.34. The number of hydrogen-bond donors (Lipinski definition) is 1. The Bertz CT molecular complexity index is 467. The van der Waals surface area contributed by atoms with Crippen molar-refractivity contribution >= 4 is 0 Å². The van der Waals surface area contributed by atoms with Gasteiger partial charge in [-0.1, -0.05) is 19.1 Å². The van der Waals surface area contributed by atoms with Crippen LogP contribution in [0.4, 0.5) is 0 Å². The standard InChI is InChI=1S/C18H30N2O/c1-5-20(12-16-7-6-8-21-16)18(11-19)17-10-14(3)13(2)9-15(17)4/h9-10,16,18H,5-8,11-12,19H2,1-4H3. The van der Waals surface area contributed by atoms with E-state index < -0.39 is 0 Å². The first-order valence-corrected chi connectivity index (χ1v) is 8.20. The molecule has 2 N–H and O–H groups in total. The van der Waals surface area contributed by atoms with Gasteiger partial charge in [0.15, 0.2) is 0 Å². The molecule has 1 saturated heterocycles. The molecule has 0 aliphatic carbocycles. The maximum atomic E-state index is 6.13. The molecule has 3 heteroatoms. The Morgan fingerprint density at radius 3 is 2.52 bits per heavy atom. The molecule has 0 spiro atoms. The third-order valence-electron chi connectivity index (χ3n) is 4.77. The summed E-state index contributed by atoms with van der Waals surface area (Å²) in [4.78, 5) is 2.48. The van der Waals surface area contributed by atoms with Gasteiger partial charge in [0.25, 0.3) is 0 Å². The van der Waals surface area contributed by atoms with Crippen LogP contribution in [-0.4, -0.2) is 37.2 Å². The fraction of sp³-hybridized carbons (Fsp3) is 0.667. The summed E-state index contributed by atoms with van der Waals surface area (Å²) in [6.07, 6.45) is 2.75. The summed E-state index contributed by atoms with van der Waals surface area (Å²) in [6.45, 7) is 12.3. The fourth-order valence-corrected chi connectivity index (χ4v) is 3.34. The Balaban J connectivity index is 2.21. The molecule has 2 atom stereocenters. The van der Waals surface area contributed by atoms with Gasteiger partial charge in [-0.3, -0.25) is 4.90 Å². The second-order valence-electron chi connectivity index (χ2n) is 6.27. The van der Waals surface area contributed by atoms with Crippen LogP contribution in [0.25, 0.3) is 0 Å². The lowest BCUT2D eigenvalue weighted by Crippen LogP contribution is -2.39. The second kappa shape index (κ2) is 7.39. The Morgan fingerprint density at radius 2 is 1.95 bits per heavy atom. The molecule has 1 aromatic rings. The van der Waals surface area contributed by atoms with Gasteiger partial charge < -0.3 is 10.5 Å². The molecule has 2 unspecified atom stereocenters. The number of rotatable bonds is 6. The summed E-state index contributed by atoms with van der Waals surface area (Å²) in [5.74, 6) is 0. The van der Waals surface area contributed by atoms with Crippen LogP contribution in [0, 0.1) is 20.8 Å². The third kappa shape index (κ3) is 3.85. The first kappa shape index (κ1) is 16.5. The van der Waals surface area contributed by atoms with E-state index in [-0.39, 0.29) is 0 Å². The molecule has 1 aliphatic heterocycles. The zero-order chi connectivity index (χ0) is 15.4. The highest BCUT2D eigenvalue weighted by Gasteiger charge is 2.25. The smallest absolute Gasteiger partial charge is 0.0703 e. The van der Waals surface area contributed by atoms with Crippen LogP contribution in [0.15, 0.2) is 12.1 Å². The number of nitrogens with two attached hydrogens (primary N) is 1. The maximum Gasteiger partial charge on any atom is 0.0703 e. The maximum absolute atomic E-state index is 6.13. The van der Waals surface area contributed by atoms with Gasteiger partial charge in [-0.15, -0.1) is 0 Å². The molecular formula is C18H30N2O. The van der Waals surface area contributed by atoms with Gasteiger partial charge in [-0.25, -0.2) is 0 Å². The minimum absolute atomic E-state index is 0.290. The number of hydrogen-bond acceptors (Lipinski definition) is 3. The summed E-state index contributed by atoms with van der Waals surface area (Å²) in [5.41, 5.74) is 11.6. The first-order valence-electron chi connectivity index (χ1n) is 8.20. The topological polar surface area (TPSA) is 38.5 Å². The van der Waals surface area contributed by atoms with E-state index in [9.17, 15) is 0 Å². The molecule has 1 aliphatic rings. The molecule has 0 bridgehead atoms. The number of nitrogens with zero attached hydrogens (tertiary/aromatic N) is 1. The molecule has 0 saturated carbocycles. The van der Waals surface area contributed by atoms with Crippen LogP contribution in [0.2, 0.25) is 0 Å². The normalized spacial score (nSPS) is 20.2. The molecule has 1 aromatic carbocycles. The molecule has 1 heterocycles. The van der Waals surface area contributed by atoms with E-state index in [1.165, 1.54) is 35.1 Å². The van der Waals surface area contributed by atoms with Crippen molar-refractivity contribution in [1.82, 2.24) is 4.90 Å². The first-order chi connectivity index (χ1) is 10.1. The number of benzene rings is 1. The van der Waals surface area contributed by atoms with Gasteiger partial charge in [-0.05, 0) is 62.4 Å². The summed E-state index contributed by atoms with van der Waals surface area (Å²) in [7, 11) is 0. The van der Waals surface area contributed by atoms with Gasteiger partial charge in [0.1, 0.15) is 0 Å². The van der Waals surface area contributed by atoms with Crippen LogP contribution in [0.1, 0.15) is 48.1 Å². The van der Waals surface area contributed by atoms with E-state index in [2.05, 4.69) is 44.7 Å². The summed E-state index contributed by atoms with van der Waals surface area (Å²) in [5, 5.41) is 0. The van der Waals surface area contributed by atoms with E-state index >= 15 is 0 Å². The van der Waals surface area contributed by atoms with Gasteiger partial charge in [-0.2, -0.15) is 0 Å². The Morgan fingerprint density at radius 1 is 1.24 bits per heavy atom. The lowest BCUT2D eigenvalue weighted by Gasteiger charge is -2.33. The van der Waals surface area contributed by atoms with Gasteiger partial charge >= 0.3 is 0 Å². The van der Waals surface area contributed by atoms with E-state index in [1.54, 1.807) is 0 Å². The monoisotopic (exact) mass is 290 g/mol. The zero-order valence-electron chi connectivity index (χ0n) is 14.0. The molecule has 3 nitrogen and oxygen atoms in total. The van der Waals surface area contributed by atoms with Crippen LogP contribution in [0.3, 0.4) is 0 Å². The highest BCUT2D eigenvalue weighted by atomic mass is 16.5. The molecule has 0 aromatic heterocycles. The van der Waals surface area contributed by atoms with Gasteiger partial charge in [0, 0.05) is 25.7 Å². The van der Waals surface area contributed by atoms with Crippen molar-refractivity contribution in [2.75, 3.05) is 26.2 Å². The summed E-state index contributed by atoms with van der Waals surface area (Å²) < 4.78 is 5.81. The zero-order valence-corrected chi connectivity index (χ0v) is 14.0. The lowest BCUT2D eigenvalue weighted by molar-refractivity contribution is 0.0600. The highest BCUT2D eigenvalue weighted by Crippen LogP contribution is 2.27. The van der Waals surface area contributed by atoms with E-state index in [0.717, 1.165) is 19.7 Å². The van der Waals surface area contributed by atoms with Crippen LogP contribution < -0.4 is 5.73 Å². The Kier molecular flexibility index (Phi) is 5.80. The minimum atomic E-state index is 0.290. The van der Waals surface area contributed by atoms with Crippen molar-refractivity contribution in [3.05, 3.63) is 34.4 Å². The van der Waals surface area contributed by atoms with Gasteiger partial charge in [0.2, 0.25) is 0 Å². The largest absolute Gasteiger partial charge is 0.377 e. The summed E-state index contributed by atoms with van der Waals surface area (Å²) in [6, 6.07) is 4.90. The predicted molar refractivity (Wildman–Crippen MR) is 88.7 cm³/mol. The van der Waals surface area contributed by atoms with Crippen molar-refractivity contribution in [3.63, 3.8) is 0 Å². The molecule has 2 rings (SSSR count). The molecule has 1 fully saturated rings. The van der Waals surface area contributed by atoms with Crippen molar-refractivity contribution in [3.8, 4) is 0 Å². The molecule has 118 valence electrons. The van der Waals surface area contributed by atoms with Crippen molar-refractivity contribution in [1.29, 1.82) is 0 Å². The van der Waals surface area contributed by atoms with Crippen molar-refractivity contribution in [2.45, 2.75) is 52.7 Å². The summed E-state index contributed by atoms with van der Waals surface area (Å²) >= 11 is 0. The molecule has 0 radical (unpaired) electrons. The number of ether oxygens (including phenoxy) is 1. The SMILES string of the molecule is CCN(CC1CCCO1)C(CN)c1cc(C)c(C)cc1C.